The molecule has 0 saturated heterocycles. The molecule has 7 nitrogen and oxygen atoms in total. The highest BCUT2D eigenvalue weighted by atomic mass is 16.6. The lowest BCUT2D eigenvalue weighted by Crippen LogP contribution is -2.55. The zero-order valence-electron chi connectivity index (χ0n) is 16.2. The summed E-state index contributed by atoms with van der Waals surface area (Å²) in [6, 6.07) is 0. The molecule has 0 radical (unpaired) electrons. The zero-order chi connectivity index (χ0) is 19.6. The van der Waals surface area contributed by atoms with Gasteiger partial charge in [0.05, 0.1) is 6.61 Å². The van der Waals surface area contributed by atoms with Crippen LogP contribution in [0.1, 0.15) is 54.9 Å². The molecule has 0 unspecified atom stereocenters. The normalized spacial score (nSPS) is 22.6. The maximum atomic E-state index is 12.7. The number of rotatable bonds is 4. The van der Waals surface area contributed by atoms with Crippen LogP contribution in [0.5, 0.6) is 0 Å². The minimum atomic E-state index is -1.47. The van der Waals surface area contributed by atoms with Crippen molar-refractivity contribution in [1.29, 1.82) is 0 Å². The van der Waals surface area contributed by atoms with Crippen LogP contribution in [0.15, 0.2) is 12.7 Å². The monoisotopic (exact) mass is 355 g/mol. The van der Waals surface area contributed by atoms with Gasteiger partial charge in [-0.2, -0.15) is 4.90 Å². The van der Waals surface area contributed by atoms with Gasteiger partial charge < -0.3 is 14.2 Å². The van der Waals surface area contributed by atoms with Gasteiger partial charge in [-0.05, 0) is 54.9 Å². The van der Waals surface area contributed by atoms with Crippen LogP contribution in [0.2, 0.25) is 0 Å². The van der Waals surface area contributed by atoms with Crippen molar-refractivity contribution in [3.63, 3.8) is 0 Å². The third-order valence-electron chi connectivity index (χ3n) is 3.45. The van der Waals surface area contributed by atoms with Crippen molar-refractivity contribution >= 4 is 18.2 Å². The minimum Gasteiger partial charge on any atom is -0.464 e. The summed E-state index contributed by atoms with van der Waals surface area (Å²) in [6.07, 6.45) is -0.134. The molecule has 0 bridgehead atoms. The topological polar surface area (TPSA) is 82.1 Å². The van der Waals surface area contributed by atoms with Crippen molar-refractivity contribution in [3.8, 4) is 0 Å². The van der Waals surface area contributed by atoms with Gasteiger partial charge in [0.2, 0.25) is 0 Å². The van der Waals surface area contributed by atoms with E-state index in [1.54, 1.807) is 48.5 Å². The summed E-state index contributed by atoms with van der Waals surface area (Å²) in [5.74, 6) is -1.08. The number of hydrogen-bond acceptors (Lipinski definition) is 6. The second-order valence-electron chi connectivity index (χ2n) is 7.99. The molecule has 0 aromatic rings. The van der Waals surface area contributed by atoms with Crippen LogP contribution in [0.3, 0.4) is 0 Å². The Morgan fingerprint density at radius 1 is 1.08 bits per heavy atom. The second kappa shape index (κ2) is 7.06. The molecule has 142 valence electrons. The summed E-state index contributed by atoms with van der Waals surface area (Å²) < 4.78 is 15.8. The molecule has 2 atom stereocenters. The minimum absolute atomic E-state index is 0.126. The van der Waals surface area contributed by atoms with Crippen molar-refractivity contribution < 1.29 is 28.6 Å². The predicted octanol–water partition coefficient (Wildman–Crippen LogP) is 3.67. The first kappa shape index (κ1) is 21.0. The third-order valence-corrected chi connectivity index (χ3v) is 3.45. The van der Waals surface area contributed by atoms with E-state index < -0.39 is 40.8 Å². The van der Waals surface area contributed by atoms with E-state index in [0.717, 1.165) is 4.90 Å². The number of carbonyl (C=O) groups excluding carboxylic acids is 3. The van der Waals surface area contributed by atoms with Gasteiger partial charge in [-0.25, -0.2) is 14.4 Å². The van der Waals surface area contributed by atoms with E-state index >= 15 is 0 Å². The molecule has 2 amide bonds. The molecule has 0 heterocycles. The Kier molecular flexibility index (Phi) is 5.93. The summed E-state index contributed by atoms with van der Waals surface area (Å²) in [7, 11) is 0. The van der Waals surface area contributed by atoms with E-state index in [-0.39, 0.29) is 13.0 Å². The first-order valence-electron chi connectivity index (χ1n) is 8.34. The smallest absolute Gasteiger partial charge is 0.420 e. The van der Waals surface area contributed by atoms with E-state index in [2.05, 4.69) is 6.58 Å². The molecule has 1 saturated carbocycles. The van der Waals surface area contributed by atoms with Crippen LogP contribution in [0.25, 0.3) is 0 Å². The lowest BCUT2D eigenvalue weighted by Gasteiger charge is -2.33. The summed E-state index contributed by atoms with van der Waals surface area (Å²) >= 11 is 0. The number of imide groups is 1. The van der Waals surface area contributed by atoms with Crippen LogP contribution in [0.4, 0.5) is 9.59 Å². The van der Waals surface area contributed by atoms with Gasteiger partial charge in [-0.15, -0.1) is 6.58 Å². The van der Waals surface area contributed by atoms with Gasteiger partial charge in [0.15, 0.2) is 5.54 Å². The molecule has 0 spiro atoms. The number of ether oxygens (including phenoxy) is 3. The molecule has 1 fully saturated rings. The standard InChI is InChI=1S/C18H29NO6/c1-9-12-11-18(12,13(20)23-10-2)19(14(21)24-16(3,4)5)15(22)25-17(6,7)8/h9,12H,1,10-11H2,2-8H3/t12-,18-/m0/s1. The van der Waals surface area contributed by atoms with E-state index in [1.807, 2.05) is 0 Å². The van der Waals surface area contributed by atoms with Crippen LogP contribution >= 0.6 is 0 Å². The number of amides is 2. The quantitative estimate of drug-likeness (QED) is 0.435. The highest BCUT2D eigenvalue weighted by Gasteiger charge is 2.68. The molecular weight excluding hydrogens is 326 g/mol. The summed E-state index contributed by atoms with van der Waals surface area (Å²) in [4.78, 5) is 38.7. The van der Waals surface area contributed by atoms with Crippen molar-refractivity contribution in [2.75, 3.05) is 6.61 Å². The Balaban J connectivity index is 3.29. The number of esters is 1. The molecule has 7 heteroatoms. The molecule has 0 aromatic carbocycles. The first-order valence-corrected chi connectivity index (χ1v) is 8.34. The first-order chi connectivity index (χ1) is 11.3. The summed E-state index contributed by atoms with van der Waals surface area (Å²) in [5, 5.41) is 0. The second-order valence-corrected chi connectivity index (χ2v) is 7.99. The fourth-order valence-electron chi connectivity index (χ4n) is 2.41. The maximum absolute atomic E-state index is 12.7. The average Bonchev–Trinajstić information content (AvgIpc) is 3.10. The van der Waals surface area contributed by atoms with Gasteiger partial charge in [-0.1, -0.05) is 6.08 Å². The van der Waals surface area contributed by atoms with E-state index in [1.165, 1.54) is 6.08 Å². The highest BCUT2D eigenvalue weighted by molar-refractivity contribution is 5.99. The Morgan fingerprint density at radius 3 is 1.80 bits per heavy atom. The lowest BCUT2D eigenvalue weighted by molar-refractivity contribution is -0.151. The summed E-state index contributed by atoms with van der Waals surface area (Å²) in [6.45, 7) is 15.5. The molecule has 1 aliphatic rings. The van der Waals surface area contributed by atoms with Crippen LogP contribution in [-0.4, -0.2) is 46.4 Å². The highest BCUT2D eigenvalue weighted by Crippen LogP contribution is 2.51. The Morgan fingerprint density at radius 2 is 1.52 bits per heavy atom. The summed E-state index contributed by atoms with van der Waals surface area (Å²) in [5.41, 5.74) is -3.15. The molecule has 0 aliphatic heterocycles. The van der Waals surface area contributed by atoms with E-state index in [9.17, 15) is 14.4 Å². The van der Waals surface area contributed by atoms with Crippen LogP contribution in [-0.2, 0) is 19.0 Å². The van der Waals surface area contributed by atoms with Crippen molar-refractivity contribution in [3.05, 3.63) is 12.7 Å². The number of nitrogens with zero attached hydrogens (tertiary/aromatic N) is 1. The molecule has 0 aromatic heterocycles. The van der Waals surface area contributed by atoms with Gasteiger partial charge in [-0.3, -0.25) is 0 Å². The van der Waals surface area contributed by atoms with Gasteiger partial charge in [0, 0.05) is 5.92 Å². The zero-order valence-corrected chi connectivity index (χ0v) is 16.2. The fraction of sp³-hybridized carbons (Fsp3) is 0.722. The van der Waals surface area contributed by atoms with Gasteiger partial charge in [0.1, 0.15) is 11.2 Å². The van der Waals surface area contributed by atoms with Gasteiger partial charge >= 0.3 is 18.2 Å². The van der Waals surface area contributed by atoms with E-state index in [4.69, 9.17) is 14.2 Å². The Hall–Kier alpha value is -2.05. The molecule has 0 N–H and O–H groups in total. The maximum Gasteiger partial charge on any atom is 0.420 e. The van der Waals surface area contributed by atoms with Crippen molar-refractivity contribution in [2.24, 2.45) is 5.92 Å². The van der Waals surface area contributed by atoms with Crippen LogP contribution < -0.4 is 0 Å². The number of carbonyl (C=O) groups is 3. The van der Waals surface area contributed by atoms with Gasteiger partial charge in [0.25, 0.3) is 0 Å². The van der Waals surface area contributed by atoms with Crippen molar-refractivity contribution in [2.45, 2.75) is 71.6 Å². The Labute approximate surface area is 149 Å². The molecular formula is C18H29NO6. The molecule has 1 rings (SSSR count). The lowest BCUT2D eigenvalue weighted by atomic mass is 10.1. The Bertz CT molecular complexity index is 529. The SMILES string of the molecule is C=C[C@H]1C[C@]1(C(=O)OCC)N(C(=O)OC(C)(C)C)C(=O)OC(C)(C)C. The third kappa shape index (κ3) is 4.96. The van der Waals surface area contributed by atoms with Crippen LogP contribution in [0, 0.1) is 5.92 Å². The number of hydrogen-bond donors (Lipinski definition) is 0. The van der Waals surface area contributed by atoms with E-state index in [0.29, 0.717) is 0 Å². The average molecular weight is 355 g/mol. The fourth-order valence-corrected chi connectivity index (χ4v) is 2.41. The molecule has 25 heavy (non-hydrogen) atoms. The molecule has 1 aliphatic carbocycles. The predicted molar refractivity (Wildman–Crippen MR) is 92.0 cm³/mol. The largest absolute Gasteiger partial charge is 0.464 e. The van der Waals surface area contributed by atoms with Crippen molar-refractivity contribution in [1.82, 2.24) is 4.90 Å².